The molecule has 1 aromatic carbocycles. The molecule has 0 unspecified atom stereocenters. The highest BCUT2D eigenvalue weighted by Crippen LogP contribution is 2.23. The van der Waals surface area contributed by atoms with E-state index in [4.69, 9.17) is 4.74 Å². The minimum Gasteiger partial charge on any atom is -0.383 e. The molecule has 0 saturated carbocycles. The molecule has 0 aliphatic carbocycles. The number of carbonyl (C=O) groups excluding carboxylic acids is 2. The number of likely N-dealkylation sites (N-methyl/N-ethyl adjacent to an activating group) is 1. The highest BCUT2D eigenvalue weighted by Gasteiger charge is 2.21. The first-order valence-electron chi connectivity index (χ1n) is 8.03. The molecule has 0 radical (unpaired) electrons. The summed E-state index contributed by atoms with van der Waals surface area (Å²) in [7, 11) is 3.51. The number of carbonyl (C=O) groups is 2. The molecule has 6 nitrogen and oxygen atoms in total. The number of hydrogen-bond acceptors (Lipinski definition) is 4. The maximum atomic E-state index is 12.1. The van der Waals surface area contributed by atoms with E-state index in [9.17, 15) is 9.59 Å². The van der Waals surface area contributed by atoms with E-state index in [1.54, 1.807) is 13.2 Å². The number of anilines is 2. The molecule has 1 rings (SSSR count). The van der Waals surface area contributed by atoms with Gasteiger partial charge in [0, 0.05) is 30.4 Å². The van der Waals surface area contributed by atoms with Gasteiger partial charge in [-0.3, -0.25) is 14.5 Å². The average molecular weight is 335 g/mol. The molecular formula is C18H29N3O3. The van der Waals surface area contributed by atoms with Crippen molar-refractivity contribution in [3.63, 3.8) is 0 Å². The fourth-order valence-corrected chi connectivity index (χ4v) is 1.96. The van der Waals surface area contributed by atoms with Crippen LogP contribution in [0, 0.1) is 12.3 Å². The van der Waals surface area contributed by atoms with Gasteiger partial charge in [0.25, 0.3) is 0 Å². The first-order valence-corrected chi connectivity index (χ1v) is 8.03. The van der Waals surface area contributed by atoms with Crippen molar-refractivity contribution >= 4 is 23.2 Å². The maximum Gasteiger partial charge on any atom is 0.238 e. The van der Waals surface area contributed by atoms with Gasteiger partial charge >= 0.3 is 0 Å². The molecular weight excluding hydrogens is 306 g/mol. The number of amides is 2. The summed E-state index contributed by atoms with van der Waals surface area (Å²) in [5.74, 6) is -0.123. The van der Waals surface area contributed by atoms with Gasteiger partial charge in [-0.2, -0.15) is 0 Å². The van der Waals surface area contributed by atoms with Crippen molar-refractivity contribution in [1.29, 1.82) is 0 Å². The Labute approximate surface area is 144 Å². The molecule has 0 saturated heterocycles. The first-order chi connectivity index (χ1) is 11.1. The fourth-order valence-electron chi connectivity index (χ4n) is 1.96. The first kappa shape index (κ1) is 20.1. The number of nitrogens with one attached hydrogen (secondary N) is 2. The van der Waals surface area contributed by atoms with Crippen molar-refractivity contribution in [1.82, 2.24) is 4.90 Å². The van der Waals surface area contributed by atoms with Crippen molar-refractivity contribution in [2.24, 2.45) is 5.41 Å². The summed E-state index contributed by atoms with van der Waals surface area (Å²) in [6.07, 6.45) is 0. The lowest BCUT2D eigenvalue weighted by Crippen LogP contribution is -2.32. The number of benzene rings is 1. The molecule has 0 atom stereocenters. The Bertz CT molecular complexity index is 579. The summed E-state index contributed by atoms with van der Waals surface area (Å²) in [6.45, 7) is 9.08. The van der Waals surface area contributed by atoms with Crippen LogP contribution in [-0.2, 0) is 14.3 Å². The SMILES string of the molecule is COCCN(C)CC(=O)Nc1ccc(NC(=O)C(C)(C)C)c(C)c1. The van der Waals surface area contributed by atoms with Gasteiger partial charge in [-0.25, -0.2) is 0 Å². The lowest BCUT2D eigenvalue weighted by Gasteiger charge is -2.19. The van der Waals surface area contributed by atoms with Crippen LogP contribution in [0.25, 0.3) is 0 Å². The van der Waals surface area contributed by atoms with Gasteiger partial charge in [-0.05, 0) is 37.7 Å². The lowest BCUT2D eigenvalue weighted by atomic mass is 9.95. The van der Waals surface area contributed by atoms with Gasteiger partial charge in [0.1, 0.15) is 0 Å². The van der Waals surface area contributed by atoms with Gasteiger partial charge in [-0.1, -0.05) is 20.8 Å². The molecule has 6 heteroatoms. The number of ether oxygens (including phenoxy) is 1. The fraction of sp³-hybridized carbons (Fsp3) is 0.556. The summed E-state index contributed by atoms with van der Waals surface area (Å²) in [5.41, 5.74) is 1.92. The molecule has 0 aromatic heterocycles. The van der Waals surface area contributed by atoms with E-state index >= 15 is 0 Å². The number of methoxy groups -OCH3 is 1. The van der Waals surface area contributed by atoms with E-state index in [0.29, 0.717) is 25.4 Å². The van der Waals surface area contributed by atoms with Gasteiger partial charge < -0.3 is 15.4 Å². The molecule has 0 aliphatic heterocycles. The second-order valence-corrected chi connectivity index (χ2v) is 7.01. The van der Waals surface area contributed by atoms with Crippen LogP contribution in [0.3, 0.4) is 0 Å². The molecule has 1 aromatic rings. The maximum absolute atomic E-state index is 12.1. The second kappa shape index (κ2) is 8.80. The third-order valence-corrected chi connectivity index (χ3v) is 3.53. The number of rotatable bonds is 7. The summed E-state index contributed by atoms with van der Waals surface area (Å²) in [4.78, 5) is 26.0. The molecule has 0 heterocycles. The minimum absolute atomic E-state index is 0.0397. The molecule has 2 amide bonds. The van der Waals surface area contributed by atoms with E-state index in [1.165, 1.54) is 0 Å². The number of nitrogens with zero attached hydrogens (tertiary/aromatic N) is 1. The zero-order valence-corrected chi connectivity index (χ0v) is 15.5. The smallest absolute Gasteiger partial charge is 0.238 e. The minimum atomic E-state index is -0.452. The highest BCUT2D eigenvalue weighted by molar-refractivity contribution is 5.96. The summed E-state index contributed by atoms with van der Waals surface area (Å²) in [5, 5.41) is 5.78. The van der Waals surface area contributed by atoms with Crippen molar-refractivity contribution in [3.8, 4) is 0 Å². The number of aryl methyl sites for hydroxylation is 1. The third kappa shape index (κ3) is 6.68. The van der Waals surface area contributed by atoms with E-state index in [0.717, 1.165) is 11.3 Å². The Hall–Kier alpha value is -1.92. The predicted molar refractivity (Wildman–Crippen MR) is 97.3 cm³/mol. The summed E-state index contributed by atoms with van der Waals surface area (Å²) < 4.78 is 4.99. The molecule has 134 valence electrons. The molecule has 0 bridgehead atoms. The van der Waals surface area contributed by atoms with Crippen molar-refractivity contribution < 1.29 is 14.3 Å². The Kier molecular flexibility index (Phi) is 7.38. The Balaban J connectivity index is 2.64. The van der Waals surface area contributed by atoms with Gasteiger partial charge in [-0.15, -0.1) is 0 Å². The molecule has 24 heavy (non-hydrogen) atoms. The molecule has 0 fully saturated rings. The summed E-state index contributed by atoms with van der Waals surface area (Å²) in [6, 6.07) is 5.45. The topological polar surface area (TPSA) is 70.7 Å². The molecule has 0 spiro atoms. The van der Waals surface area contributed by atoms with E-state index in [2.05, 4.69) is 10.6 Å². The van der Waals surface area contributed by atoms with Gasteiger partial charge in [0.05, 0.1) is 13.2 Å². The predicted octanol–water partition coefficient (Wildman–Crippen LogP) is 2.50. The Morgan fingerprint density at radius 3 is 2.42 bits per heavy atom. The van der Waals surface area contributed by atoms with Crippen LogP contribution in [0.15, 0.2) is 18.2 Å². The van der Waals surface area contributed by atoms with Crippen molar-refractivity contribution in [3.05, 3.63) is 23.8 Å². The van der Waals surface area contributed by atoms with Crippen LogP contribution < -0.4 is 10.6 Å². The van der Waals surface area contributed by atoms with Crippen molar-refractivity contribution in [2.75, 3.05) is 44.5 Å². The Morgan fingerprint density at radius 2 is 1.88 bits per heavy atom. The van der Waals surface area contributed by atoms with Crippen LogP contribution in [0.4, 0.5) is 11.4 Å². The van der Waals surface area contributed by atoms with Crippen LogP contribution >= 0.6 is 0 Å². The quantitative estimate of drug-likeness (QED) is 0.803. The van der Waals surface area contributed by atoms with E-state index in [1.807, 2.05) is 51.8 Å². The van der Waals surface area contributed by atoms with Crippen LogP contribution in [0.1, 0.15) is 26.3 Å². The second-order valence-electron chi connectivity index (χ2n) is 7.01. The van der Waals surface area contributed by atoms with Crippen LogP contribution in [0.5, 0.6) is 0 Å². The Morgan fingerprint density at radius 1 is 1.21 bits per heavy atom. The monoisotopic (exact) mass is 335 g/mol. The summed E-state index contributed by atoms with van der Waals surface area (Å²) >= 11 is 0. The highest BCUT2D eigenvalue weighted by atomic mass is 16.5. The van der Waals surface area contributed by atoms with Crippen molar-refractivity contribution in [2.45, 2.75) is 27.7 Å². The number of hydrogen-bond donors (Lipinski definition) is 2. The lowest BCUT2D eigenvalue weighted by molar-refractivity contribution is -0.123. The van der Waals surface area contributed by atoms with Gasteiger partial charge in [0.2, 0.25) is 11.8 Å². The third-order valence-electron chi connectivity index (χ3n) is 3.53. The normalized spacial score (nSPS) is 11.5. The largest absolute Gasteiger partial charge is 0.383 e. The average Bonchev–Trinajstić information content (AvgIpc) is 2.46. The van der Waals surface area contributed by atoms with Gasteiger partial charge in [0.15, 0.2) is 0 Å². The van der Waals surface area contributed by atoms with E-state index in [-0.39, 0.29) is 11.8 Å². The van der Waals surface area contributed by atoms with Crippen LogP contribution in [0.2, 0.25) is 0 Å². The molecule has 0 aliphatic rings. The zero-order valence-electron chi connectivity index (χ0n) is 15.5. The standard InChI is InChI=1S/C18H29N3O3/c1-13-11-14(19-16(22)12-21(5)9-10-24-6)7-8-15(13)20-17(23)18(2,3)4/h7-8,11H,9-10,12H2,1-6H3,(H,19,22)(H,20,23). The van der Waals surface area contributed by atoms with E-state index < -0.39 is 5.41 Å². The zero-order chi connectivity index (χ0) is 18.3. The van der Waals surface area contributed by atoms with Crippen LogP contribution in [-0.4, -0.2) is 50.6 Å². The molecule has 2 N–H and O–H groups in total.